The van der Waals surface area contributed by atoms with Gasteiger partial charge in [-0.15, -0.1) is 0 Å². The van der Waals surface area contributed by atoms with Gasteiger partial charge in [0.1, 0.15) is 23.8 Å². The van der Waals surface area contributed by atoms with E-state index in [4.69, 9.17) is 23.4 Å². The number of aromatic nitrogens is 1. The number of nitrogens with zero attached hydrogens (tertiary/aromatic N) is 2. The minimum absolute atomic E-state index is 0.0126. The lowest BCUT2D eigenvalue weighted by Gasteiger charge is -2.23. The second-order valence-corrected chi connectivity index (χ2v) is 9.26. The zero-order valence-corrected chi connectivity index (χ0v) is 21.7. The van der Waals surface area contributed by atoms with Crippen molar-refractivity contribution in [3.05, 3.63) is 90.7 Å². The molecule has 0 amide bonds. The third kappa shape index (κ3) is 4.68. The number of carbonyl (C=O) groups is 2. The van der Waals surface area contributed by atoms with Crippen molar-refractivity contribution in [1.82, 2.24) is 4.57 Å². The maximum atomic E-state index is 13.5. The number of esters is 2. The van der Waals surface area contributed by atoms with E-state index in [0.29, 0.717) is 44.5 Å². The van der Waals surface area contributed by atoms with Crippen LogP contribution in [0.5, 0.6) is 0 Å². The minimum Gasteiger partial charge on any atom is -0.463 e. The molecule has 2 aliphatic heterocycles. The average molecular weight is 537 g/mol. The monoisotopic (exact) mass is 536 g/mol. The van der Waals surface area contributed by atoms with Gasteiger partial charge in [-0.3, -0.25) is 9.36 Å². The highest BCUT2D eigenvalue weighted by atomic mass is 32.1. The third-order valence-electron chi connectivity index (χ3n) is 5.86. The minimum atomic E-state index is -0.861. The van der Waals surface area contributed by atoms with E-state index in [0.717, 1.165) is 5.56 Å². The first kappa shape index (κ1) is 25.3. The summed E-state index contributed by atoms with van der Waals surface area (Å²) in [5.74, 6) is 0.381. The van der Waals surface area contributed by atoms with E-state index in [1.807, 2.05) is 0 Å². The number of hydrogen-bond donors (Lipinski definition) is 0. The van der Waals surface area contributed by atoms with Gasteiger partial charge in [-0.25, -0.2) is 14.6 Å². The lowest BCUT2D eigenvalue weighted by atomic mass is 10.0. The molecule has 0 saturated heterocycles. The number of thiazole rings is 1. The van der Waals surface area contributed by atoms with Crippen LogP contribution in [-0.4, -0.2) is 36.5 Å². The fourth-order valence-corrected chi connectivity index (χ4v) is 5.18. The van der Waals surface area contributed by atoms with Crippen molar-refractivity contribution in [3.8, 4) is 11.3 Å². The van der Waals surface area contributed by atoms with Gasteiger partial charge in [0.25, 0.3) is 5.56 Å². The van der Waals surface area contributed by atoms with Crippen molar-refractivity contribution < 1.29 is 33.0 Å². The van der Waals surface area contributed by atoms with Gasteiger partial charge in [0.15, 0.2) is 10.6 Å². The fraction of sp³-hybridized carbons (Fsp3) is 0.259. The maximum absolute atomic E-state index is 13.5. The lowest BCUT2D eigenvalue weighted by Crippen LogP contribution is -2.40. The molecule has 1 unspecified atom stereocenters. The Hall–Kier alpha value is -4.38. The first-order chi connectivity index (χ1) is 18.4. The summed E-state index contributed by atoms with van der Waals surface area (Å²) in [7, 11) is 0. The lowest BCUT2D eigenvalue weighted by molar-refractivity contribution is -0.139. The molecule has 5 rings (SSSR count). The van der Waals surface area contributed by atoms with Crippen LogP contribution in [0.2, 0.25) is 0 Å². The Balaban J connectivity index is 1.51. The van der Waals surface area contributed by atoms with Gasteiger partial charge in [-0.1, -0.05) is 23.5 Å². The van der Waals surface area contributed by atoms with Crippen molar-refractivity contribution in [2.45, 2.75) is 26.8 Å². The first-order valence-corrected chi connectivity index (χ1v) is 12.7. The van der Waals surface area contributed by atoms with E-state index >= 15 is 0 Å². The van der Waals surface area contributed by atoms with Gasteiger partial charge in [-0.05, 0) is 45.0 Å². The number of ether oxygens (including phenoxy) is 4. The molecule has 0 aliphatic carbocycles. The Kier molecular flexibility index (Phi) is 7.01. The Morgan fingerprint density at radius 1 is 1.11 bits per heavy atom. The van der Waals surface area contributed by atoms with Crippen LogP contribution in [0.1, 0.15) is 42.9 Å². The molecule has 10 nitrogen and oxygen atoms in total. The molecule has 38 heavy (non-hydrogen) atoms. The van der Waals surface area contributed by atoms with Gasteiger partial charge < -0.3 is 23.4 Å². The maximum Gasteiger partial charge on any atom is 0.338 e. The van der Waals surface area contributed by atoms with Crippen molar-refractivity contribution in [3.63, 3.8) is 0 Å². The van der Waals surface area contributed by atoms with E-state index in [2.05, 4.69) is 4.99 Å². The molecule has 0 spiro atoms. The number of hydrogen-bond acceptors (Lipinski definition) is 10. The number of benzene rings is 1. The standard InChI is InChI=1S/C27H24N2O8S/c1-4-34-25(31)17-8-6-16(7-9-17)19-11-10-18(37-19)12-21-24(30)29-23(20-13-33-14-36-20)22(26(32)35-5-2)15(3)28-27(29)38-21/h6-13,23H,4-5,14H2,1-3H3/b21-12-. The van der Waals surface area contributed by atoms with Gasteiger partial charge in [-0.2, -0.15) is 0 Å². The van der Waals surface area contributed by atoms with Crippen LogP contribution in [0.4, 0.5) is 0 Å². The topological polar surface area (TPSA) is 119 Å². The van der Waals surface area contributed by atoms with Crippen LogP contribution in [0.3, 0.4) is 0 Å². The van der Waals surface area contributed by atoms with Crippen LogP contribution < -0.4 is 14.9 Å². The average Bonchev–Trinajstić information content (AvgIpc) is 3.66. The number of carbonyl (C=O) groups excluding carboxylic acids is 2. The van der Waals surface area contributed by atoms with Gasteiger partial charge in [0, 0.05) is 11.6 Å². The first-order valence-electron chi connectivity index (χ1n) is 11.9. The number of fused-ring (bicyclic) bond motifs is 1. The van der Waals surface area contributed by atoms with Gasteiger partial charge >= 0.3 is 11.9 Å². The summed E-state index contributed by atoms with van der Waals surface area (Å²) in [6, 6.07) is 9.53. The smallest absolute Gasteiger partial charge is 0.338 e. The van der Waals surface area contributed by atoms with Crippen molar-refractivity contribution >= 4 is 29.4 Å². The summed E-state index contributed by atoms with van der Waals surface area (Å²) in [5.41, 5.74) is 1.50. The second-order valence-electron chi connectivity index (χ2n) is 8.25. The largest absolute Gasteiger partial charge is 0.463 e. The fourth-order valence-electron chi connectivity index (χ4n) is 4.16. The summed E-state index contributed by atoms with van der Waals surface area (Å²) >= 11 is 1.17. The van der Waals surface area contributed by atoms with E-state index in [-0.39, 0.29) is 30.5 Å². The van der Waals surface area contributed by atoms with Crippen LogP contribution in [0.15, 0.2) is 73.9 Å². The molecule has 11 heteroatoms. The molecule has 1 aromatic carbocycles. The highest BCUT2D eigenvalue weighted by molar-refractivity contribution is 7.07. The number of furan rings is 1. The predicted octanol–water partition coefficient (Wildman–Crippen LogP) is 3.03. The molecule has 4 heterocycles. The molecule has 2 aliphatic rings. The van der Waals surface area contributed by atoms with Crippen LogP contribution in [0.25, 0.3) is 17.4 Å². The molecule has 0 saturated carbocycles. The number of allylic oxidation sites excluding steroid dienone is 2. The zero-order chi connectivity index (χ0) is 26.8. The molecule has 3 aromatic rings. The van der Waals surface area contributed by atoms with Gasteiger partial charge in [0.05, 0.1) is 34.6 Å². The van der Waals surface area contributed by atoms with Crippen molar-refractivity contribution in [2.75, 3.05) is 20.0 Å². The van der Waals surface area contributed by atoms with Crippen molar-refractivity contribution in [1.29, 1.82) is 0 Å². The van der Waals surface area contributed by atoms with Crippen LogP contribution in [-0.2, 0) is 23.7 Å². The molecule has 196 valence electrons. The molecule has 1 atom stereocenters. The van der Waals surface area contributed by atoms with Crippen molar-refractivity contribution in [2.24, 2.45) is 4.99 Å². The highest BCUT2D eigenvalue weighted by Gasteiger charge is 2.37. The summed E-state index contributed by atoms with van der Waals surface area (Å²) in [6.45, 7) is 5.62. The Morgan fingerprint density at radius 2 is 1.84 bits per heavy atom. The van der Waals surface area contributed by atoms with E-state index in [1.54, 1.807) is 63.2 Å². The summed E-state index contributed by atoms with van der Waals surface area (Å²) in [6.07, 6.45) is 3.02. The molecular formula is C27H24N2O8S. The van der Waals surface area contributed by atoms with E-state index in [9.17, 15) is 14.4 Å². The summed E-state index contributed by atoms with van der Waals surface area (Å²) in [5, 5.41) is 0. The Labute approximate surface area is 220 Å². The molecule has 0 bridgehead atoms. The Morgan fingerprint density at radius 3 is 2.53 bits per heavy atom. The van der Waals surface area contributed by atoms with E-state index in [1.165, 1.54) is 22.2 Å². The SMILES string of the molecule is CCOC(=O)C1=C(C)N=c2s/c(=C\c3ccc(-c4ccc(C(=O)OCC)cc4)o3)c(=O)n2C1C1=COCO1. The third-order valence-corrected chi connectivity index (χ3v) is 6.84. The van der Waals surface area contributed by atoms with Gasteiger partial charge in [0.2, 0.25) is 6.79 Å². The molecule has 2 aromatic heterocycles. The quantitative estimate of drug-likeness (QED) is 0.423. The normalized spacial score (nSPS) is 16.8. The molecular weight excluding hydrogens is 512 g/mol. The summed E-state index contributed by atoms with van der Waals surface area (Å²) in [4.78, 5) is 43.2. The highest BCUT2D eigenvalue weighted by Crippen LogP contribution is 2.33. The zero-order valence-electron chi connectivity index (χ0n) is 20.9. The molecule has 0 radical (unpaired) electrons. The van der Waals surface area contributed by atoms with E-state index < -0.39 is 12.0 Å². The van der Waals surface area contributed by atoms with Crippen LogP contribution >= 0.6 is 11.3 Å². The number of rotatable bonds is 7. The predicted molar refractivity (Wildman–Crippen MR) is 137 cm³/mol. The summed E-state index contributed by atoms with van der Waals surface area (Å²) < 4.78 is 28.8. The molecule has 0 N–H and O–H groups in total. The van der Waals surface area contributed by atoms with Crippen LogP contribution in [0, 0.1) is 0 Å². The Bertz CT molecular complexity index is 1640. The molecule has 0 fully saturated rings. The second kappa shape index (κ2) is 10.5.